The largest absolute Gasteiger partial charge is 0.497 e. The summed E-state index contributed by atoms with van der Waals surface area (Å²) in [6.07, 6.45) is 4.87. The van der Waals surface area contributed by atoms with Gasteiger partial charge >= 0.3 is 0 Å². The molecule has 1 amide bonds. The summed E-state index contributed by atoms with van der Waals surface area (Å²) in [5.41, 5.74) is 1.23. The molecule has 0 spiro atoms. The van der Waals surface area contributed by atoms with E-state index in [1.165, 1.54) is 31.2 Å². The lowest BCUT2D eigenvalue weighted by Crippen LogP contribution is -2.36. The SMILES string of the molecule is COc1ccc(CSCC(=O)N(C)C2CCCC2)cc1. The van der Waals surface area contributed by atoms with E-state index in [0.29, 0.717) is 11.8 Å². The molecule has 1 fully saturated rings. The first-order chi connectivity index (χ1) is 9.70. The van der Waals surface area contributed by atoms with Crippen molar-refractivity contribution >= 4 is 17.7 Å². The number of thioether (sulfide) groups is 1. The van der Waals surface area contributed by atoms with Gasteiger partial charge < -0.3 is 9.64 Å². The minimum absolute atomic E-state index is 0.260. The molecule has 0 aromatic heterocycles. The molecule has 0 bridgehead atoms. The van der Waals surface area contributed by atoms with Gasteiger partial charge in [0.15, 0.2) is 0 Å². The standard InChI is InChI=1S/C16H23NO2S/c1-17(14-5-3-4-6-14)16(18)12-20-11-13-7-9-15(19-2)10-8-13/h7-10,14H,3-6,11-12H2,1-2H3. The summed E-state index contributed by atoms with van der Waals surface area (Å²) in [5, 5.41) is 0. The van der Waals surface area contributed by atoms with E-state index < -0.39 is 0 Å². The van der Waals surface area contributed by atoms with Crippen LogP contribution in [0, 0.1) is 0 Å². The fraction of sp³-hybridized carbons (Fsp3) is 0.562. The Balaban J connectivity index is 1.72. The number of rotatable bonds is 6. The molecule has 20 heavy (non-hydrogen) atoms. The Kier molecular flexibility index (Phi) is 5.77. The van der Waals surface area contributed by atoms with Gasteiger partial charge in [-0.1, -0.05) is 25.0 Å². The molecule has 1 aliphatic carbocycles. The molecule has 0 saturated heterocycles. The molecule has 0 unspecified atom stereocenters. The average molecular weight is 293 g/mol. The van der Waals surface area contributed by atoms with Crippen LogP contribution in [0.4, 0.5) is 0 Å². The van der Waals surface area contributed by atoms with Gasteiger partial charge in [0.1, 0.15) is 5.75 Å². The summed E-state index contributed by atoms with van der Waals surface area (Å²) in [7, 11) is 3.62. The van der Waals surface area contributed by atoms with Crippen molar-refractivity contribution in [3.8, 4) is 5.75 Å². The van der Waals surface area contributed by atoms with E-state index in [4.69, 9.17) is 4.74 Å². The highest BCUT2D eigenvalue weighted by Crippen LogP contribution is 2.23. The van der Waals surface area contributed by atoms with Crippen molar-refractivity contribution in [2.75, 3.05) is 19.9 Å². The number of hydrogen-bond acceptors (Lipinski definition) is 3. The van der Waals surface area contributed by atoms with Gasteiger partial charge in [-0.15, -0.1) is 11.8 Å². The molecule has 1 aromatic rings. The van der Waals surface area contributed by atoms with Gasteiger partial charge in [0.25, 0.3) is 0 Å². The fourth-order valence-electron chi connectivity index (χ4n) is 2.57. The van der Waals surface area contributed by atoms with Crippen molar-refractivity contribution in [2.45, 2.75) is 37.5 Å². The molecule has 3 nitrogen and oxygen atoms in total. The van der Waals surface area contributed by atoms with E-state index in [-0.39, 0.29) is 5.91 Å². The third-order valence-electron chi connectivity index (χ3n) is 3.92. The van der Waals surface area contributed by atoms with Gasteiger partial charge in [-0.05, 0) is 30.5 Å². The van der Waals surface area contributed by atoms with E-state index in [2.05, 4.69) is 12.1 Å². The monoisotopic (exact) mass is 293 g/mol. The third kappa shape index (κ3) is 4.17. The second-order valence-electron chi connectivity index (χ2n) is 5.28. The van der Waals surface area contributed by atoms with Crippen LogP contribution < -0.4 is 4.74 Å². The molecular formula is C16H23NO2S. The van der Waals surface area contributed by atoms with Crippen molar-refractivity contribution < 1.29 is 9.53 Å². The Bertz CT molecular complexity index is 427. The fourth-order valence-corrected chi connectivity index (χ4v) is 3.48. The molecule has 4 heteroatoms. The van der Waals surface area contributed by atoms with Crippen molar-refractivity contribution in [1.82, 2.24) is 4.90 Å². The summed E-state index contributed by atoms with van der Waals surface area (Å²) in [4.78, 5) is 14.1. The molecule has 0 heterocycles. The second-order valence-corrected chi connectivity index (χ2v) is 6.27. The lowest BCUT2D eigenvalue weighted by Gasteiger charge is -2.24. The maximum Gasteiger partial charge on any atom is 0.232 e. The first-order valence-corrected chi connectivity index (χ1v) is 8.32. The van der Waals surface area contributed by atoms with Gasteiger partial charge in [0, 0.05) is 18.8 Å². The van der Waals surface area contributed by atoms with E-state index in [1.54, 1.807) is 18.9 Å². The quantitative estimate of drug-likeness (QED) is 0.806. The second kappa shape index (κ2) is 7.58. The maximum absolute atomic E-state index is 12.1. The predicted molar refractivity (Wildman–Crippen MR) is 84.2 cm³/mol. The number of hydrogen-bond donors (Lipinski definition) is 0. The molecule has 0 atom stereocenters. The van der Waals surface area contributed by atoms with Crippen LogP contribution >= 0.6 is 11.8 Å². The zero-order valence-electron chi connectivity index (χ0n) is 12.3. The summed E-state index contributed by atoms with van der Waals surface area (Å²) >= 11 is 1.68. The highest BCUT2D eigenvalue weighted by Gasteiger charge is 2.22. The molecule has 0 radical (unpaired) electrons. The van der Waals surface area contributed by atoms with Crippen LogP contribution in [-0.2, 0) is 10.5 Å². The summed E-state index contributed by atoms with van der Waals surface area (Å²) in [6, 6.07) is 8.50. The lowest BCUT2D eigenvalue weighted by atomic mass is 10.2. The molecule has 1 aromatic carbocycles. The number of nitrogens with zero attached hydrogens (tertiary/aromatic N) is 1. The first kappa shape index (κ1) is 15.2. The molecule has 2 rings (SSSR count). The average Bonchev–Trinajstić information content (AvgIpc) is 3.01. The number of ether oxygens (including phenoxy) is 1. The Morgan fingerprint density at radius 1 is 1.30 bits per heavy atom. The number of methoxy groups -OCH3 is 1. The number of carbonyl (C=O) groups excluding carboxylic acids is 1. The smallest absolute Gasteiger partial charge is 0.232 e. The van der Waals surface area contributed by atoms with Crippen LogP contribution in [0.15, 0.2) is 24.3 Å². The maximum atomic E-state index is 12.1. The van der Waals surface area contributed by atoms with Crippen molar-refractivity contribution in [1.29, 1.82) is 0 Å². The number of amides is 1. The van der Waals surface area contributed by atoms with Crippen molar-refractivity contribution in [2.24, 2.45) is 0 Å². The van der Waals surface area contributed by atoms with E-state index in [1.807, 2.05) is 24.1 Å². The molecule has 0 aliphatic heterocycles. The highest BCUT2D eigenvalue weighted by atomic mass is 32.2. The third-order valence-corrected chi connectivity index (χ3v) is 4.91. The van der Waals surface area contributed by atoms with E-state index >= 15 is 0 Å². The Morgan fingerprint density at radius 2 is 1.95 bits per heavy atom. The van der Waals surface area contributed by atoms with Crippen molar-refractivity contribution in [3.63, 3.8) is 0 Å². The topological polar surface area (TPSA) is 29.5 Å². The van der Waals surface area contributed by atoms with Crippen LogP contribution in [0.5, 0.6) is 5.75 Å². The zero-order chi connectivity index (χ0) is 14.4. The van der Waals surface area contributed by atoms with Crippen LogP contribution in [-0.4, -0.2) is 36.8 Å². The molecule has 0 N–H and O–H groups in total. The lowest BCUT2D eigenvalue weighted by molar-refractivity contribution is -0.129. The number of carbonyl (C=O) groups is 1. The first-order valence-electron chi connectivity index (χ1n) is 7.17. The Labute approximate surface area is 125 Å². The van der Waals surface area contributed by atoms with Gasteiger partial charge in [-0.25, -0.2) is 0 Å². The van der Waals surface area contributed by atoms with Gasteiger partial charge in [-0.2, -0.15) is 0 Å². The normalized spacial score (nSPS) is 15.3. The van der Waals surface area contributed by atoms with Gasteiger partial charge in [-0.3, -0.25) is 4.79 Å². The number of benzene rings is 1. The van der Waals surface area contributed by atoms with Crippen molar-refractivity contribution in [3.05, 3.63) is 29.8 Å². The predicted octanol–water partition coefficient (Wildman–Crippen LogP) is 3.33. The van der Waals surface area contributed by atoms with Gasteiger partial charge in [0.2, 0.25) is 5.91 Å². The summed E-state index contributed by atoms with van der Waals surface area (Å²) in [6.45, 7) is 0. The minimum atomic E-state index is 0.260. The Hall–Kier alpha value is -1.16. The summed E-state index contributed by atoms with van der Waals surface area (Å²) < 4.78 is 5.13. The highest BCUT2D eigenvalue weighted by molar-refractivity contribution is 7.99. The van der Waals surface area contributed by atoms with Crippen LogP contribution in [0.25, 0.3) is 0 Å². The minimum Gasteiger partial charge on any atom is -0.497 e. The van der Waals surface area contributed by atoms with Crippen LogP contribution in [0.2, 0.25) is 0 Å². The van der Waals surface area contributed by atoms with Crippen LogP contribution in [0.1, 0.15) is 31.2 Å². The summed E-state index contributed by atoms with van der Waals surface area (Å²) in [5.74, 6) is 2.57. The zero-order valence-corrected chi connectivity index (χ0v) is 13.1. The molecule has 1 aliphatic rings. The van der Waals surface area contributed by atoms with E-state index in [0.717, 1.165) is 11.5 Å². The van der Waals surface area contributed by atoms with Crippen LogP contribution in [0.3, 0.4) is 0 Å². The Morgan fingerprint density at radius 3 is 2.55 bits per heavy atom. The molecular weight excluding hydrogens is 270 g/mol. The molecule has 110 valence electrons. The molecule has 1 saturated carbocycles. The van der Waals surface area contributed by atoms with E-state index in [9.17, 15) is 4.79 Å². The van der Waals surface area contributed by atoms with Gasteiger partial charge in [0.05, 0.1) is 12.9 Å².